The number of aliphatic carboxylic acids is 1. The Morgan fingerprint density at radius 1 is 1.07 bits per heavy atom. The van der Waals surface area contributed by atoms with Gasteiger partial charge in [-0.15, -0.1) is 0 Å². The number of hydrogen-bond donors (Lipinski definition) is 2. The van der Waals surface area contributed by atoms with Crippen LogP contribution in [-0.4, -0.2) is 29.6 Å². The van der Waals surface area contributed by atoms with Crippen LogP contribution in [0.1, 0.15) is 30.5 Å². The van der Waals surface area contributed by atoms with Gasteiger partial charge in [-0.1, -0.05) is 42.0 Å². The van der Waals surface area contributed by atoms with Crippen LogP contribution in [0.25, 0.3) is 0 Å². The Morgan fingerprint density at radius 2 is 1.78 bits per heavy atom. The van der Waals surface area contributed by atoms with Gasteiger partial charge in [-0.05, 0) is 50.5 Å². The predicted octanol–water partition coefficient (Wildman–Crippen LogP) is 3.38. The number of hydrogen-bond acceptors (Lipinski definition) is 3. The minimum absolute atomic E-state index is 0.0621. The Kier molecular flexibility index (Phi) is 7.41. The lowest BCUT2D eigenvalue weighted by Gasteiger charge is -2.14. The summed E-state index contributed by atoms with van der Waals surface area (Å²) in [6.45, 7) is 5.96. The van der Waals surface area contributed by atoms with Crippen molar-refractivity contribution in [3.63, 3.8) is 0 Å². The van der Waals surface area contributed by atoms with E-state index >= 15 is 0 Å². The van der Waals surface area contributed by atoms with E-state index in [2.05, 4.69) is 5.32 Å². The second-order valence-corrected chi connectivity index (χ2v) is 7.02. The van der Waals surface area contributed by atoms with Gasteiger partial charge >= 0.3 is 5.97 Å². The van der Waals surface area contributed by atoms with Crippen LogP contribution in [0.2, 0.25) is 0 Å². The largest absolute Gasteiger partial charge is 0.491 e. The van der Waals surface area contributed by atoms with Crippen molar-refractivity contribution >= 4 is 11.9 Å². The first kappa shape index (κ1) is 20.5. The molecule has 1 amide bonds. The lowest BCUT2D eigenvalue weighted by atomic mass is 9.98. The molecule has 1 unspecified atom stereocenters. The highest BCUT2D eigenvalue weighted by Gasteiger charge is 2.19. The van der Waals surface area contributed by atoms with Crippen LogP contribution >= 0.6 is 0 Å². The summed E-state index contributed by atoms with van der Waals surface area (Å²) in [6, 6.07) is 15.1. The Morgan fingerprint density at radius 3 is 2.44 bits per heavy atom. The van der Waals surface area contributed by atoms with Gasteiger partial charge in [0.25, 0.3) is 0 Å². The third kappa shape index (κ3) is 7.13. The molecule has 0 heterocycles. The smallest absolute Gasteiger partial charge is 0.308 e. The van der Waals surface area contributed by atoms with Crippen molar-refractivity contribution in [3.8, 4) is 5.75 Å². The molecule has 144 valence electrons. The fourth-order valence-corrected chi connectivity index (χ4v) is 2.86. The van der Waals surface area contributed by atoms with Gasteiger partial charge in [0.2, 0.25) is 5.91 Å². The second kappa shape index (κ2) is 9.76. The van der Waals surface area contributed by atoms with E-state index in [1.807, 2.05) is 69.3 Å². The molecule has 0 spiro atoms. The van der Waals surface area contributed by atoms with Crippen LogP contribution in [0.4, 0.5) is 0 Å². The highest BCUT2D eigenvalue weighted by molar-refractivity contribution is 5.79. The molecule has 0 fully saturated rings. The van der Waals surface area contributed by atoms with Gasteiger partial charge in [0.1, 0.15) is 5.75 Å². The number of carboxylic acids is 1. The minimum atomic E-state index is -0.913. The molecule has 27 heavy (non-hydrogen) atoms. The van der Waals surface area contributed by atoms with Crippen molar-refractivity contribution < 1.29 is 19.4 Å². The fraction of sp³-hybridized carbons (Fsp3) is 0.364. The van der Waals surface area contributed by atoms with Crippen LogP contribution in [0.5, 0.6) is 5.75 Å². The zero-order valence-corrected chi connectivity index (χ0v) is 16.1. The molecule has 0 radical (unpaired) electrons. The molecular weight excluding hydrogens is 342 g/mol. The minimum Gasteiger partial charge on any atom is -0.491 e. The molecule has 5 heteroatoms. The lowest BCUT2D eigenvalue weighted by molar-refractivity contribution is -0.141. The maximum atomic E-state index is 12.2. The third-order valence-corrected chi connectivity index (χ3v) is 4.09. The number of carbonyl (C=O) groups is 2. The number of ether oxygens (including phenoxy) is 1. The van der Waals surface area contributed by atoms with E-state index in [0.29, 0.717) is 6.42 Å². The quantitative estimate of drug-likeness (QED) is 0.710. The van der Waals surface area contributed by atoms with Crippen molar-refractivity contribution in [1.82, 2.24) is 5.32 Å². The standard InChI is InChI=1S/C22H27NO4/c1-15(2)27-20-9-5-8-18(12-20)13-21(24)23-14-19(22(25)26)11-17-7-4-6-16(3)10-17/h4-10,12,15,19H,11,13-14H2,1-3H3,(H,23,24)(H,25,26). The Labute approximate surface area is 160 Å². The number of rotatable bonds is 9. The van der Waals surface area contributed by atoms with Gasteiger partial charge in [0.05, 0.1) is 18.4 Å². The highest BCUT2D eigenvalue weighted by atomic mass is 16.5. The maximum absolute atomic E-state index is 12.2. The van der Waals surface area contributed by atoms with Crippen molar-refractivity contribution in [2.75, 3.05) is 6.54 Å². The van der Waals surface area contributed by atoms with E-state index < -0.39 is 11.9 Å². The zero-order valence-electron chi connectivity index (χ0n) is 16.1. The summed E-state index contributed by atoms with van der Waals surface area (Å²) in [6.07, 6.45) is 0.633. The van der Waals surface area contributed by atoms with Crippen LogP contribution < -0.4 is 10.1 Å². The van der Waals surface area contributed by atoms with Gasteiger partial charge in [-0.2, -0.15) is 0 Å². The van der Waals surface area contributed by atoms with Crippen molar-refractivity contribution in [2.45, 2.75) is 39.7 Å². The second-order valence-electron chi connectivity index (χ2n) is 7.02. The summed E-state index contributed by atoms with van der Waals surface area (Å²) >= 11 is 0. The predicted molar refractivity (Wildman–Crippen MR) is 105 cm³/mol. The van der Waals surface area contributed by atoms with Gasteiger partial charge in [-0.3, -0.25) is 9.59 Å². The molecule has 0 saturated carbocycles. The highest BCUT2D eigenvalue weighted by Crippen LogP contribution is 2.15. The first-order valence-corrected chi connectivity index (χ1v) is 9.14. The molecule has 0 aliphatic heterocycles. The fourth-order valence-electron chi connectivity index (χ4n) is 2.86. The topological polar surface area (TPSA) is 75.6 Å². The van der Waals surface area contributed by atoms with Crippen LogP contribution in [-0.2, 0) is 22.4 Å². The Bertz CT molecular complexity index is 785. The molecule has 1 atom stereocenters. The number of benzene rings is 2. The summed E-state index contributed by atoms with van der Waals surface area (Å²) < 4.78 is 5.63. The number of aryl methyl sites for hydroxylation is 1. The van der Waals surface area contributed by atoms with E-state index in [-0.39, 0.29) is 25.0 Å². The molecule has 2 aromatic carbocycles. The Hall–Kier alpha value is -2.82. The van der Waals surface area contributed by atoms with Crippen molar-refractivity contribution in [2.24, 2.45) is 5.92 Å². The van der Waals surface area contributed by atoms with Crippen LogP contribution in [0.15, 0.2) is 48.5 Å². The van der Waals surface area contributed by atoms with Crippen LogP contribution in [0.3, 0.4) is 0 Å². The molecule has 0 aromatic heterocycles. The molecule has 0 aliphatic carbocycles. The number of amides is 1. The van der Waals surface area contributed by atoms with Crippen LogP contribution in [0, 0.1) is 12.8 Å². The average Bonchev–Trinajstić information content (AvgIpc) is 2.58. The maximum Gasteiger partial charge on any atom is 0.308 e. The van der Waals surface area contributed by atoms with Gasteiger partial charge in [0.15, 0.2) is 0 Å². The van der Waals surface area contributed by atoms with E-state index in [4.69, 9.17) is 4.74 Å². The molecule has 5 nitrogen and oxygen atoms in total. The van der Waals surface area contributed by atoms with Gasteiger partial charge in [0, 0.05) is 6.54 Å². The summed E-state index contributed by atoms with van der Waals surface area (Å²) in [5.41, 5.74) is 2.87. The molecule has 2 N–H and O–H groups in total. The first-order valence-electron chi connectivity index (χ1n) is 9.14. The number of carboxylic acid groups (broad SMARTS) is 1. The molecule has 2 rings (SSSR count). The normalized spacial score (nSPS) is 11.9. The summed E-state index contributed by atoms with van der Waals surface area (Å²) in [5, 5.41) is 12.2. The zero-order chi connectivity index (χ0) is 19.8. The summed E-state index contributed by atoms with van der Waals surface area (Å²) in [7, 11) is 0. The number of carbonyl (C=O) groups excluding carboxylic acids is 1. The van der Waals surface area contributed by atoms with Crippen molar-refractivity contribution in [3.05, 3.63) is 65.2 Å². The summed E-state index contributed by atoms with van der Waals surface area (Å²) in [5.74, 6) is -1.05. The van der Waals surface area contributed by atoms with Gasteiger partial charge < -0.3 is 15.2 Å². The summed E-state index contributed by atoms with van der Waals surface area (Å²) in [4.78, 5) is 23.8. The molecule has 0 saturated heterocycles. The molecule has 0 bridgehead atoms. The van der Waals surface area contributed by atoms with E-state index in [1.165, 1.54) is 0 Å². The Balaban J connectivity index is 1.91. The molecule has 0 aliphatic rings. The van der Waals surface area contributed by atoms with E-state index in [1.54, 1.807) is 0 Å². The monoisotopic (exact) mass is 369 g/mol. The number of nitrogens with one attached hydrogen (secondary N) is 1. The van der Waals surface area contributed by atoms with Gasteiger partial charge in [-0.25, -0.2) is 0 Å². The SMILES string of the molecule is Cc1cccc(CC(CNC(=O)Cc2cccc(OC(C)C)c2)C(=O)O)c1. The van der Waals surface area contributed by atoms with E-state index in [9.17, 15) is 14.7 Å². The van der Waals surface area contributed by atoms with E-state index in [0.717, 1.165) is 22.4 Å². The molecule has 2 aromatic rings. The first-order chi connectivity index (χ1) is 12.8. The third-order valence-electron chi connectivity index (χ3n) is 4.09. The lowest BCUT2D eigenvalue weighted by Crippen LogP contribution is -2.34. The molecular formula is C22H27NO4. The average molecular weight is 369 g/mol. The van der Waals surface area contributed by atoms with Crippen molar-refractivity contribution in [1.29, 1.82) is 0 Å².